The van der Waals surface area contributed by atoms with Crippen LogP contribution in [0, 0.1) is 0 Å². The smallest absolute Gasteiger partial charge is 0.129 e. The highest BCUT2D eigenvalue weighted by molar-refractivity contribution is 7.15. The van der Waals surface area contributed by atoms with Crippen LogP contribution in [0.5, 0.6) is 5.75 Å². The van der Waals surface area contributed by atoms with E-state index in [2.05, 4.69) is 13.0 Å². The van der Waals surface area contributed by atoms with Gasteiger partial charge in [-0.15, -0.1) is 11.3 Å². The molecule has 1 aromatic heterocycles. The molecule has 0 saturated heterocycles. The summed E-state index contributed by atoms with van der Waals surface area (Å²) in [5.74, 6) is 0.882. The van der Waals surface area contributed by atoms with Crippen LogP contribution >= 0.6 is 11.3 Å². The molecule has 0 unspecified atom stereocenters. The molecule has 4 heteroatoms. The van der Waals surface area contributed by atoms with Crippen LogP contribution in [0.15, 0.2) is 24.3 Å². The summed E-state index contributed by atoms with van der Waals surface area (Å²) in [7, 11) is 0. The zero-order valence-corrected chi connectivity index (χ0v) is 13.4. The van der Waals surface area contributed by atoms with Gasteiger partial charge in [0.05, 0.1) is 17.9 Å². The van der Waals surface area contributed by atoms with Gasteiger partial charge < -0.3 is 10.5 Å². The molecule has 0 bridgehead atoms. The summed E-state index contributed by atoms with van der Waals surface area (Å²) in [6.45, 7) is 8.81. The molecule has 1 aromatic carbocycles. The van der Waals surface area contributed by atoms with Gasteiger partial charge in [0.25, 0.3) is 0 Å². The van der Waals surface area contributed by atoms with Crippen molar-refractivity contribution >= 4 is 11.3 Å². The van der Waals surface area contributed by atoms with Gasteiger partial charge in [0.2, 0.25) is 0 Å². The maximum absolute atomic E-state index is 6.26. The van der Waals surface area contributed by atoms with Crippen LogP contribution in [0.1, 0.15) is 38.3 Å². The minimum atomic E-state index is -0.359. The molecular formula is C16H22N2OS. The molecule has 0 saturated carbocycles. The third-order valence-electron chi connectivity index (χ3n) is 3.03. The Balaban J connectivity index is 2.51. The second kappa shape index (κ2) is 5.94. The fourth-order valence-electron chi connectivity index (χ4n) is 2.13. The number of para-hydroxylation sites is 1. The average Bonchev–Trinajstić information content (AvgIpc) is 2.84. The lowest BCUT2D eigenvalue weighted by Gasteiger charge is -2.17. The normalized spacial score (nSPS) is 11.7. The van der Waals surface area contributed by atoms with E-state index in [0.29, 0.717) is 6.61 Å². The lowest BCUT2D eigenvalue weighted by atomic mass is 10.0. The summed E-state index contributed by atoms with van der Waals surface area (Å²) in [6, 6.07) is 8.03. The first kappa shape index (κ1) is 15.0. The van der Waals surface area contributed by atoms with Crippen LogP contribution < -0.4 is 10.5 Å². The van der Waals surface area contributed by atoms with Crippen molar-refractivity contribution in [2.24, 2.45) is 5.73 Å². The molecule has 20 heavy (non-hydrogen) atoms. The van der Waals surface area contributed by atoms with Gasteiger partial charge in [-0.25, -0.2) is 4.98 Å². The van der Waals surface area contributed by atoms with E-state index < -0.39 is 0 Å². The molecule has 0 radical (unpaired) electrons. The molecule has 0 spiro atoms. The van der Waals surface area contributed by atoms with Crippen LogP contribution in [0.2, 0.25) is 0 Å². The first-order valence-electron chi connectivity index (χ1n) is 6.98. The van der Waals surface area contributed by atoms with Gasteiger partial charge >= 0.3 is 0 Å². The van der Waals surface area contributed by atoms with Gasteiger partial charge in [-0.2, -0.15) is 0 Å². The van der Waals surface area contributed by atoms with Crippen molar-refractivity contribution in [1.29, 1.82) is 0 Å². The molecule has 1 heterocycles. The number of ether oxygens (including phenoxy) is 1. The monoisotopic (exact) mass is 290 g/mol. The summed E-state index contributed by atoms with van der Waals surface area (Å²) < 4.78 is 5.70. The minimum absolute atomic E-state index is 0.359. The third kappa shape index (κ3) is 3.02. The van der Waals surface area contributed by atoms with E-state index in [9.17, 15) is 0 Å². The molecular weight excluding hydrogens is 268 g/mol. The van der Waals surface area contributed by atoms with E-state index in [1.54, 1.807) is 11.3 Å². The van der Waals surface area contributed by atoms with Crippen molar-refractivity contribution < 1.29 is 4.74 Å². The Hall–Kier alpha value is -1.39. The van der Waals surface area contributed by atoms with Gasteiger partial charge in [0, 0.05) is 10.4 Å². The zero-order valence-electron chi connectivity index (χ0n) is 12.6. The zero-order chi connectivity index (χ0) is 14.8. The van der Waals surface area contributed by atoms with Gasteiger partial charge in [-0.3, -0.25) is 0 Å². The first-order chi connectivity index (χ1) is 9.47. The molecule has 0 atom stereocenters. The van der Waals surface area contributed by atoms with E-state index in [1.165, 1.54) is 0 Å². The van der Waals surface area contributed by atoms with E-state index in [-0.39, 0.29) is 5.54 Å². The maximum atomic E-state index is 6.26. The van der Waals surface area contributed by atoms with Gasteiger partial charge in [-0.1, -0.05) is 19.1 Å². The highest BCUT2D eigenvalue weighted by Gasteiger charge is 2.23. The fraction of sp³-hybridized carbons (Fsp3) is 0.438. The SMILES string of the molecule is CCOc1ccccc1-c1nc(CC)c(C(C)(C)N)s1. The Labute approximate surface area is 124 Å². The first-order valence-corrected chi connectivity index (χ1v) is 7.80. The minimum Gasteiger partial charge on any atom is -0.493 e. The molecule has 0 aliphatic carbocycles. The number of aryl methyl sites for hydroxylation is 1. The van der Waals surface area contributed by atoms with Crippen molar-refractivity contribution in [1.82, 2.24) is 4.98 Å². The second-order valence-electron chi connectivity index (χ2n) is 5.30. The highest BCUT2D eigenvalue weighted by atomic mass is 32.1. The number of benzene rings is 1. The van der Waals surface area contributed by atoms with E-state index in [0.717, 1.165) is 33.3 Å². The largest absolute Gasteiger partial charge is 0.493 e. The number of nitrogens with zero attached hydrogens (tertiary/aromatic N) is 1. The van der Waals surface area contributed by atoms with Gasteiger partial charge in [0.1, 0.15) is 10.8 Å². The Morgan fingerprint density at radius 3 is 2.50 bits per heavy atom. The molecule has 2 rings (SSSR count). The predicted molar refractivity (Wildman–Crippen MR) is 85.3 cm³/mol. The Morgan fingerprint density at radius 2 is 1.95 bits per heavy atom. The molecule has 3 nitrogen and oxygen atoms in total. The van der Waals surface area contributed by atoms with Crippen LogP contribution in [-0.4, -0.2) is 11.6 Å². The molecule has 2 N–H and O–H groups in total. The van der Waals surface area contributed by atoms with E-state index in [1.807, 2.05) is 39.0 Å². The quantitative estimate of drug-likeness (QED) is 0.906. The number of hydrogen-bond donors (Lipinski definition) is 1. The van der Waals surface area contributed by atoms with Crippen molar-refractivity contribution in [3.05, 3.63) is 34.8 Å². The summed E-state index contributed by atoms with van der Waals surface area (Å²) in [6.07, 6.45) is 0.892. The summed E-state index contributed by atoms with van der Waals surface area (Å²) in [5, 5.41) is 0.986. The van der Waals surface area contributed by atoms with Crippen molar-refractivity contribution in [2.75, 3.05) is 6.61 Å². The Morgan fingerprint density at radius 1 is 1.25 bits per heavy atom. The number of aromatic nitrogens is 1. The number of hydrogen-bond acceptors (Lipinski definition) is 4. The molecule has 108 valence electrons. The Bertz CT molecular complexity index is 584. The lowest BCUT2D eigenvalue weighted by Crippen LogP contribution is -2.28. The summed E-state index contributed by atoms with van der Waals surface area (Å²) in [4.78, 5) is 5.92. The third-order valence-corrected chi connectivity index (χ3v) is 4.51. The topological polar surface area (TPSA) is 48.1 Å². The molecule has 0 fully saturated rings. The van der Waals surface area contributed by atoms with Gasteiger partial charge in [-0.05, 0) is 39.3 Å². The summed E-state index contributed by atoms with van der Waals surface area (Å²) in [5.41, 5.74) is 8.03. The Kier molecular flexibility index (Phi) is 4.45. The molecule has 0 aliphatic heterocycles. The van der Waals surface area contributed by atoms with Crippen molar-refractivity contribution in [2.45, 2.75) is 39.7 Å². The van der Waals surface area contributed by atoms with E-state index in [4.69, 9.17) is 15.5 Å². The van der Waals surface area contributed by atoms with Crippen LogP contribution in [0.3, 0.4) is 0 Å². The van der Waals surface area contributed by atoms with Crippen LogP contribution in [0.25, 0.3) is 10.6 Å². The number of rotatable bonds is 5. The highest BCUT2D eigenvalue weighted by Crippen LogP contribution is 2.37. The lowest BCUT2D eigenvalue weighted by molar-refractivity contribution is 0.341. The number of nitrogens with two attached hydrogens (primary N) is 1. The van der Waals surface area contributed by atoms with Gasteiger partial charge in [0.15, 0.2) is 0 Å². The second-order valence-corrected chi connectivity index (χ2v) is 6.30. The van der Waals surface area contributed by atoms with Crippen molar-refractivity contribution in [3.8, 4) is 16.3 Å². The fourth-order valence-corrected chi connectivity index (χ4v) is 3.33. The standard InChI is InChI=1S/C16H22N2OS/c1-5-12-14(16(3,4)17)20-15(18-12)11-9-7-8-10-13(11)19-6-2/h7-10H,5-6,17H2,1-4H3. The van der Waals surface area contributed by atoms with E-state index >= 15 is 0 Å². The maximum Gasteiger partial charge on any atom is 0.129 e. The summed E-state index contributed by atoms with van der Waals surface area (Å²) >= 11 is 1.67. The molecule has 0 amide bonds. The molecule has 0 aliphatic rings. The number of thiazole rings is 1. The molecule has 2 aromatic rings. The van der Waals surface area contributed by atoms with Crippen LogP contribution in [-0.2, 0) is 12.0 Å². The van der Waals surface area contributed by atoms with Crippen LogP contribution in [0.4, 0.5) is 0 Å². The average molecular weight is 290 g/mol. The van der Waals surface area contributed by atoms with Crippen molar-refractivity contribution in [3.63, 3.8) is 0 Å². The predicted octanol–water partition coefficient (Wildman–Crippen LogP) is 3.97.